The van der Waals surface area contributed by atoms with Gasteiger partial charge in [-0.15, -0.1) is 0 Å². The summed E-state index contributed by atoms with van der Waals surface area (Å²) in [6.45, 7) is 4.10. The summed E-state index contributed by atoms with van der Waals surface area (Å²) in [6.07, 6.45) is 1.52. The highest BCUT2D eigenvalue weighted by Crippen LogP contribution is 2.28. The number of aliphatic hydroxyl groups is 1. The van der Waals surface area contributed by atoms with E-state index in [1.807, 2.05) is 19.1 Å². The maximum Gasteiger partial charge on any atom is 0.309 e. The maximum atomic E-state index is 12.0. The molecule has 26 heavy (non-hydrogen) atoms. The molecule has 0 saturated carbocycles. The molecule has 0 saturated heterocycles. The van der Waals surface area contributed by atoms with Gasteiger partial charge in [-0.25, -0.2) is 0 Å². The number of carbonyl (C=O) groups excluding carboxylic acids is 1. The molecule has 2 atom stereocenters. The summed E-state index contributed by atoms with van der Waals surface area (Å²) in [5.41, 5.74) is 1.24. The molecule has 150 valence electrons. The van der Waals surface area contributed by atoms with E-state index in [9.17, 15) is 4.79 Å². The number of hydrogen-bond donors (Lipinski definition) is 1. The molecular formula is C23H40O3. The minimum atomic E-state index is -0.204. The smallest absolute Gasteiger partial charge is 0.309 e. The van der Waals surface area contributed by atoms with E-state index in [0.29, 0.717) is 0 Å². The lowest BCUT2D eigenvalue weighted by Gasteiger charge is -2.19. The van der Waals surface area contributed by atoms with Crippen LogP contribution in [0.15, 0.2) is 42.5 Å². The number of fused-ring (bicyclic) bond motifs is 1. The first-order chi connectivity index (χ1) is 10.7. The van der Waals surface area contributed by atoms with Crippen LogP contribution in [0.4, 0.5) is 0 Å². The summed E-state index contributed by atoms with van der Waals surface area (Å²) in [7, 11) is 0. The molecule has 0 bridgehead atoms. The van der Waals surface area contributed by atoms with Crippen LogP contribution in [-0.4, -0.2) is 24.3 Å². The van der Waals surface area contributed by atoms with Gasteiger partial charge in [0.25, 0.3) is 0 Å². The summed E-state index contributed by atoms with van der Waals surface area (Å²) in [5, 5.41) is 11.2. The molecule has 3 nitrogen and oxygen atoms in total. The predicted octanol–water partition coefficient (Wildman–Crippen LogP) is 6.44. The first kappa shape index (κ1) is 28.9. The molecule has 0 aliphatic rings. The Labute approximate surface area is 161 Å². The fourth-order valence-corrected chi connectivity index (χ4v) is 2.77. The van der Waals surface area contributed by atoms with Crippen LogP contribution in [-0.2, 0) is 9.53 Å². The van der Waals surface area contributed by atoms with Crippen molar-refractivity contribution in [3.05, 3.63) is 48.0 Å². The highest BCUT2D eigenvalue weighted by molar-refractivity contribution is 5.83. The normalized spacial score (nSPS) is 11.7. The Balaban J connectivity index is -0.00000132. The molecule has 2 aromatic carbocycles. The predicted molar refractivity (Wildman–Crippen MR) is 116 cm³/mol. The highest BCUT2D eigenvalue weighted by atomic mass is 16.5. The average Bonchev–Trinajstić information content (AvgIpc) is 2.56. The Morgan fingerprint density at radius 2 is 1.65 bits per heavy atom. The Morgan fingerprint density at radius 1 is 1.04 bits per heavy atom. The van der Waals surface area contributed by atoms with Gasteiger partial charge in [0, 0.05) is 0 Å². The van der Waals surface area contributed by atoms with Crippen LogP contribution in [0.3, 0.4) is 0 Å². The zero-order valence-corrected chi connectivity index (χ0v) is 13.3. The van der Waals surface area contributed by atoms with Crippen LogP contribution in [0.5, 0.6) is 0 Å². The average molecular weight is 365 g/mol. The topological polar surface area (TPSA) is 46.5 Å². The van der Waals surface area contributed by atoms with E-state index in [1.165, 1.54) is 16.3 Å². The molecule has 0 aromatic heterocycles. The van der Waals surface area contributed by atoms with E-state index in [0.717, 1.165) is 12.8 Å². The van der Waals surface area contributed by atoms with E-state index >= 15 is 0 Å². The third-order valence-electron chi connectivity index (χ3n) is 4.14. The number of aliphatic hydroxyl groups excluding tert-OH is 1. The molecule has 0 spiro atoms. The van der Waals surface area contributed by atoms with E-state index in [1.54, 1.807) is 0 Å². The van der Waals surface area contributed by atoms with Gasteiger partial charge in [-0.2, -0.15) is 0 Å². The first-order valence-electron chi connectivity index (χ1n) is 7.92. The Morgan fingerprint density at radius 3 is 2.23 bits per heavy atom. The van der Waals surface area contributed by atoms with Gasteiger partial charge in [-0.3, -0.25) is 4.79 Å². The Bertz CT molecular complexity index is 622. The van der Waals surface area contributed by atoms with E-state index in [2.05, 4.69) is 37.3 Å². The van der Waals surface area contributed by atoms with Crippen LogP contribution in [0.25, 0.3) is 10.8 Å². The van der Waals surface area contributed by atoms with E-state index in [-0.39, 0.29) is 60.7 Å². The second-order valence-corrected chi connectivity index (χ2v) is 5.74. The monoisotopic (exact) mass is 364 g/mol. The van der Waals surface area contributed by atoms with Crippen molar-refractivity contribution in [2.24, 2.45) is 5.92 Å². The summed E-state index contributed by atoms with van der Waals surface area (Å²) >= 11 is 0. The van der Waals surface area contributed by atoms with Crippen LogP contribution < -0.4 is 0 Å². The Hall–Kier alpha value is -1.87. The lowest BCUT2D eigenvalue weighted by Crippen LogP contribution is -2.20. The van der Waals surface area contributed by atoms with Gasteiger partial charge in [-0.1, -0.05) is 86.0 Å². The van der Waals surface area contributed by atoms with Crippen molar-refractivity contribution in [3.63, 3.8) is 0 Å². The molecule has 2 aromatic rings. The van der Waals surface area contributed by atoms with Crippen LogP contribution >= 0.6 is 0 Å². The molecule has 0 radical (unpaired) electrons. The zero-order valence-electron chi connectivity index (χ0n) is 13.3. The summed E-state index contributed by atoms with van der Waals surface area (Å²) < 4.78 is 5.06. The number of benzene rings is 2. The molecule has 2 rings (SSSR count). The molecule has 0 aliphatic heterocycles. The molecule has 0 heterocycles. The van der Waals surface area contributed by atoms with Gasteiger partial charge in [0.05, 0.1) is 12.5 Å². The maximum absolute atomic E-state index is 12.0. The minimum absolute atomic E-state index is 0. The number of carbonyl (C=O) groups is 1. The first-order valence-corrected chi connectivity index (χ1v) is 7.92. The highest BCUT2D eigenvalue weighted by Gasteiger charge is 2.21. The van der Waals surface area contributed by atoms with E-state index in [4.69, 9.17) is 9.84 Å². The van der Waals surface area contributed by atoms with Crippen molar-refractivity contribution in [1.82, 2.24) is 0 Å². The molecule has 1 N–H and O–H groups in total. The number of rotatable bonds is 7. The van der Waals surface area contributed by atoms with Crippen molar-refractivity contribution < 1.29 is 14.6 Å². The largest absolute Gasteiger partial charge is 0.463 e. The molecule has 0 amide bonds. The van der Waals surface area contributed by atoms with Crippen molar-refractivity contribution in [1.29, 1.82) is 0 Å². The fourth-order valence-electron chi connectivity index (χ4n) is 2.77. The summed E-state index contributed by atoms with van der Waals surface area (Å²) in [6, 6.07) is 14.8. The zero-order chi connectivity index (χ0) is 15.9. The SMILES string of the molecule is C.C.C.C.CCC(CC(C)c1ccc2ccccc2c1)C(=O)OCCO. The summed E-state index contributed by atoms with van der Waals surface area (Å²) in [4.78, 5) is 12.0. The van der Waals surface area contributed by atoms with Crippen molar-refractivity contribution in [3.8, 4) is 0 Å². The van der Waals surface area contributed by atoms with E-state index < -0.39 is 0 Å². The van der Waals surface area contributed by atoms with Gasteiger partial charge in [0.15, 0.2) is 0 Å². The Kier molecular flexibility index (Phi) is 15.9. The van der Waals surface area contributed by atoms with Crippen molar-refractivity contribution in [2.45, 2.75) is 62.3 Å². The molecule has 0 aliphatic carbocycles. The van der Waals surface area contributed by atoms with Gasteiger partial charge in [0.1, 0.15) is 6.61 Å². The van der Waals surface area contributed by atoms with Gasteiger partial charge in [0.2, 0.25) is 0 Å². The third-order valence-corrected chi connectivity index (χ3v) is 4.14. The molecule has 2 unspecified atom stereocenters. The van der Waals surface area contributed by atoms with Crippen LogP contribution in [0.1, 0.15) is 67.9 Å². The second kappa shape index (κ2) is 14.3. The standard InChI is InChI=1S/C19H24O3.4CH4/c1-3-15(19(21)22-11-10-20)12-14(2)17-9-8-16-6-4-5-7-18(16)13-17;;;;/h4-9,13-15,20H,3,10-12H2,1-2H3;4*1H4. The molecular weight excluding hydrogens is 324 g/mol. The lowest BCUT2D eigenvalue weighted by molar-refractivity contribution is -0.150. The van der Waals surface area contributed by atoms with Gasteiger partial charge < -0.3 is 9.84 Å². The number of esters is 1. The van der Waals surface area contributed by atoms with Gasteiger partial charge >= 0.3 is 5.97 Å². The summed E-state index contributed by atoms with van der Waals surface area (Å²) in [5.74, 6) is -0.0338. The minimum Gasteiger partial charge on any atom is -0.463 e. The van der Waals surface area contributed by atoms with Crippen molar-refractivity contribution in [2.75, 3.05) is 13.2 Å². The van der Waals surface area contributed by atoms with Crippen LogP contribution in [0, 0.1) is 5.92 Å². The fraction of sp³-hybridized carbons (Fsp3) is 0.522. The van der Waals surface area contributed by atoms with Gasteiger partial charge in [-0.05, 0) is 35.1 Å². The molecule has 0 fully saturated rings. The van der Waals surface area contributed by atoms with Crippen molar-refractivity contribution >= 4 is 16.7 Å². The van der Waals surface area contributed by atoms with Crippen LogP contribution in [0.2, 0.25) is 0 Å². The lowest BCUT2D eigenvalue weighted by atomic mass is 9.88. The molecule has 3 heteroatoms. The quantitative estimate of drug-likeness (QED) is 0.575. The third kappa shape index (κ3) is 7.57. The number of hydrogen-bond acceptors (Lipinski definition) is 3. The number of ether oxygens (including phenoxy) is 1. The second-order valence-electron chi connectivity index (χ2n) is 5.74.